The van der Waals surface area contributed by atoms with E-state index in [2.05, 4.69) is 17.9 Å². The maximum Gasteiger partial charge on any atom is 0.409 e. The van der Waals surface area contributed by atoms with E-state index in [1.165, 1.54) is 11.3 Å². The van der Waals surface area contributed by atoms with E-state index in [1.807, 2.05) is 6.07 Å². The fraction of sp³-hybridized carbons (Fsp3) is 0.762. The normalized spacial score (nSPS) is 21.5. The second kappa shape index (κ2) is 10.3. The second-order valence-electron chi connectivity index (χ2n) is 8.11. The number of hydrogen-bond acceptors (Lipinski definition) is 5. The molecular formula is C21H33ClN2O3S. The van der Waals surface area contributed by atoms with Gasteiger partial charge in [0.25, 0.3) is 0 Å². The van der Waals surface area contributed by atoms with Crippen molar-refractivity contribution < 1.29 is 14.6 Å². The van der Waals surface area contributed by atoms with Gasteiger partial charge in [0.15, 0.2) is 0 Å². The van der Waals surface area contributed by atoms with Crippen LogP contribution in [0.15, 0.2) is 12.1 Å². The van der Waals surface area contributed by atoms with E-state index in [9.17, 15) is 9.90 Å². The Bertz CT molecular complexity index is 625. The molecular weight excluding hydrogens is 396 g/mol. The third-order valence-electron chi connectivity index (χ3n) is 6.10. The Morgan fingerprint density at radius 2 is 1.96 bits per heavy atom. The summed E-state index contributed by atoms with van der Waals surface area (Å²) in [5.41, 5.74) is -0.650. The summed E-state index contributed by atoms with van der Waals surface area (Å²) in [4.78, 5) is 17.5. The van der Waals surface area contributed by atoms with Crippen LogP contribution in [-0.2, 0) is 4.74 Å². The minimum Gasteiger partial charge on any atom is -0.449 e. The van der Waals surface area contributed by atoms with Gasteiger partial charge in [0.1, 0.15) is 0 Å². The van der Waals surface area contributed by atoms with E-state index < -0.39 is 5.60 Å². The molecule has 1 atom stereocenters. The molecule has 28 heavy (non-hydrogen) atoms. The molecule has 2 heterocycles. The van der Waals surface area contributed by atoms with Crippen LogP contribution in [0.4, 0.5) is 4.79 Å². The van der Waals surface area contributed by atoms with E-state index in [-0.39, 0.29) is 12.0 Å². The fourth-order valence-corrected chi connectivity index (χ4v) is 5.58. The summed E-state index contributed by atoms with van der Waals surface area (Å²) in [6.45, 7) is 6.39. The van der Waals surface area contributed by atoms with Crippen LogP contribution < -0.4 is 0 Å². The Hall–Kier alpha value is -0.820. The highest BCUT2D eigenvalue weighted by Crippen LogP contribution is 2.43. The molecule has 0 radical (unpaired) electrons. The van der Waals surface area contributed by atoms with Crippen molar-refractivity contribution in [1.82, 2.24) is 9.80 Å². The Morgan fingerprint density at radius 3 is 2.57 bits per heavy atom. The summed E-state index contributed by atoms with van der Waals surface area (Å²) >= 11 is 7.79. The zero-order valence-corrected chi connectivity index (χ0v) is 18.4. The molecule has 158 valence electrons. The summed E-state index contributed by atoms with van der Waals surface area (Å²) < 4.78 is 6.11. The number of aliphatic hydroxyl groups is 1. The van der Waals surface area contributed by atoms with Gasteiger partial charge in [-0.25, -0.2) is 4.79 Å². The van der Waals surface area contributed by atoms with Crippen molar-refractivity contribution in [2.24, 2.45) is 0 Å². The number of rotatable bonds is 7. The summed E-state index contributed by atoms with van der Waals surface area (Å²) in [5.74, 6) is 0.0772. The summed E-state index contributed by atoms with van der Waals surface area (Å²) in [6, 6.07) is 4.01. The first kappa shape index (κ1) is 21.9. The van der Waals surface area contributed by atoms with Crippen LogP contribution in [0.25, 0.3) is 0 Å². The number of unbranched alkanes of at least 4 members (excludes halogenated alkanes) is 1. The smallest absolute Gasteiger partial charge is 0.409 e. The lowest BCUT2D eigenvalue weighted by Gasteiger charge is -2.43. The third-order valence-corrected chi connectivity index (χ3v) is 7.44. The molecule has 1 amide bonds. The van der Waals surface area contributed by atoms with Crippen molar-refractivity contribution in [1.29, 1.82) is 0 Å². The number of piperazine rings is 1. The van der Waals surface area contributed by atoms with Crippen LogP contribution in [0.3, 0.4) is 0 Å². The molecule has 1 aliphatic heterocycles. The van der Waals surface area contributed by atoms with Gasteiger partial charge in [-0.15, -0.1) is 11.3 Å². The van der Waals surface area contributed by atoms with E-state index in [0.717, 1.165) is 62.5 Å². The first-order chi connectivity index (χ1) is 13.5. The van der Waals surface area contributed by atoms with Crippen molar-refractivity contribution in [3.8, 4) is 0 Å². The van der Waals surface area contributed by atoms with Gasteiger partial charge < -0.3 is 14.7 Å². The molecule has 1 aliphatic carbocycles. The summed E-state index contributed by atoms with van der Waals surface area (Å²) in [5, 5.41) is 11.4. The van der Waals surface area contributed by atoms with Crippen LogP contribution in [0.2, 0.25) is 4.34 Å². The van der Waals surface area contributed by atoms with Gasteiger partial charge in [-0.3, -0.25) is 4.90 Å². The minimum absolute atomic E-state index is 0.0772. The van der Waals surface area contributed by atoms with E-state index in [0.29, 0.717) is 19.7 Å². The Labute approximate surface area is 177 Å². The van der Waals surface area contributed by atoms with E-state index in [1.54, 1.807) is 16.2 Å². The minimum atomic E-state index is -0.650. The predicted octanol–water partition coefficient (Wildman–Crippen LogP) is 4.73. The second-order valence-corrected chi connectivity index (χ2v) is 9.86. The summed E-state index contributed by atoms with van der Waals surface area (Å²) in [6.07, 6.45) is 6.84. The maximum atomic E-state index is 12.2. The molecule has 3 rings (SSSR count). The quantitative estimate of drug-likeness (QED) is 0.637. The monoisotopic (exact) mass is 428 g/mol. The number of halogens is 1. The molecule has 1 saturated heterocycles. The molecule has 1 aromatic heterocycles. The zero-order chi connectivity index (χ0) is 20.0. The van der Waals surface area contributed by atoms with Crippen molar-refractivity contribution in [3.63, 3.8) is 0 Å². The van der Waals surface area contributed by atoms with Gasteiger partial charge >= 0.3 is 6.09 Å². The molecule has 0 spiro atoms. The van der Waals surface area contributed by atoms with Crippen LogP contribution >= 0.6 is 22.9 Å². The fourth-order valence-electron chi connectivity index (χ4n) is 4.32. The number of nitrogens with zero attached hydrogens (tertiary/aromatic N) is 2. The SMILES string of the molecule is CCCCOC(=O)N1CCN(CC(c2ccc(Cl)s2)C2(O)CCCCC2)CC1. The highest BCUT2D eigenvalue weighted by Gasteiger charge is 2.40. The van der Waals surface area contributed by atoms with E-state index in [4.69, 9.17) is 16.3 Å². The maximum absolute atomic E-state index is 12.2. The highest BCUT2D eigenvalue weighted by atomic mass is 35.5. The third kappa shape index (κ3) is 5.62. The lowest BCUT2D eigenvalue weighted by atomic mass is 9.74. The molecule has 1 unspecified atom stereocenters. The molecule has 2 fully saturated rings. The van der Waals surface area contributed by atoms with Gasteiger partial charge in [0.2, 0.25) is 0 Å². The number of ether oxygens (including phenoxy) is 1. The van der Waals surface area contributed by atoms with Gasteiger partial charge in [-0.1, -0.05) is 44.2 Å². The zero-order valence-electron chi connectivity index (χ0n) is 16.9. The lowest BCUT2D eigenvalue weighted by Crippen LogP contribution is -2.52. The Balaban J connectivity index is 1.59. The Kier molecular flexibility index (Phi) is 8.03. The number of hydrogen-bond donors (Lipinski definition) is 1. The average Bonchev–Trinajstić information content (AvgIpc) is 3.13. The number of thiophene rings is 1. The largest absolute Gasteiger partial charge is 0.449 e. The molecule has 1 N–H and O–H groups in total. The molecule has 0 aromatic carbocycles. The van der Waals surface area contributed by atoms with Crippen LogP contribution in [-0.4, -0.2) is 65.9 Å². The molecule has 0 bridgehead atoms. The highest BCUT2D eigenvalue weighted by molar-refractivity contribution is 7.16. The van der Waals surface area contributed by atoms with Crippen LogP contribution in [0.5, 0.6) is 0 Å². The number of amides is 1. The van der Waals surface area contributed by atoms with Crippen molar-refractivity contribution >= 4 is 29.0 Å². The van der Waals surface area contributed by atoms with Crippen molar-refractivity contribution in [3.05, 3.63) is 21.3 Å². The standard InChI is InChI=1S/C21H33ClN2O3S/c1-2-3-15-27-20(25)24-13-11-23(12-14-24)16-17(18-7-8-19(22)28-18)21(26)9-5-4-6-10-21/h7-8,17,26H,2-6,9-16H2,1H3. The topological polar surface area (TPSA) is 53.0 Å². The van der Waals surface area contributed by atoms with Gasteiger partial charge in [-0.2, -0.15) is 0 Å². The van der Waals surface area contributed by atoms with Crippen LogP contribution in [0, 0.1) is 0 Å². The van der Waals surface area contributed by atoms with Crippen molar-refractivity contribution in [2.75, 3.05) is 39.3 Å². The Morgan fingerprint density at radius 1 is 1.25 bits per heavy atom. The molecule has 1 saturated carbocycles. The lowest BCUT2D eigenvalue weighted by molar-refractivity contribution is -0.0332. The molecule has 7 heteroatoms. The molecule has 5 nitrogen and oxygen atoms in total. The molecule has 1 aromatic rings. The summed E-state index contributed by atoms with van der Waals surface area (Å²) in [7, 11) is 0. The number of carbonyl (C=O) groups is 1. The van der Waals surface area contributed by atoms with Gasteiger partial charge in [-0.05, 0) is 31.4 Å². The number of carbonyl (C=O) groups excluding carboxylic acids is 1. The van der Waals surface area contributed by atoms with Gasteiger partial charge in [0.05, 0.1) is 16.5 Å². The first-order valence-electron chi connectivity index (χ1n) is 10.6. The van der Waals surface area contributed by atoms with E-state index >= 15 is 0 Å². The average molecular weight is 429 g/mol. The van der Waals surface area contributed by atoms with Crippen LogP contribution in [0.1, 0.15) is 62.7 Å². The first-order valence-corrected chi connectivity index (χ1v) is 11.8. The van der Waals surface area contributed by atoms with Gasteiger partial charge in [0, 0.05) is 43.5 Å². The van der Waals surface area contributed by atoms with Crippen molar-refractivity contribution in [2.45, 2.75) is 63.4 Å². The predicted molar refractivity (Wildman–Crippen MR) is 114 cm³/mol. The molecule has 2 aliphatic rings.